The lowest BCUT2D eigenvalue weighted by atomic mass is 10.0. The molecule has 184 valence electrons. The Morgan fingerprint density at radius 3 is 2.69 bits per heavy atom. The van der Waals surface area contributed by atoms with Gasteiger partial charge in [0.15, 0.2) is 17.5 Å². The molecule has 2 amide bonds. The monoisotopic (exact) mass is 519 g/mol. The summed E-state index contributed by atoms with van der Waals surface area (Å²) in [4.78, 5) is 53.7. The first kappa shape index (κ1) is 24.5. The fourth-order valence-electron chi connectivity index (χ4n) is 3.90. The van der Waals surface area contributed by atoms with Crippen LogP contribution in [0.2, 0.25) is 0 Å². The molecule has 0 aromatic carbocycles. The molecule has 0 aliphatic carbocycles. The Bertz CT molecular complexity index is 1220. The molecule has 2 aliphatic rings. The summed E-state index contributed by atoms with van der Waals surface area (Å²) in [6.45, 7) is 0. The number of oxime groups is 1. The van der Waals surface area contributed by atoms with Crippen molar-refractivity contribution in [2.45, 2.75) is 17.6 Å². The summed E-state index contributed by atoms with van der Waals surface area (Å²) >= 11 is 2.20. The van der Waals surface area contributed by atoms with Crippen LogP contribution in [-0.4, -0.2) is 86.0 Å². The number of nitrogens with one attached hydrogen (secondary N) is 1. The van der Waals surface area contributed by atoms with Gasteiger partial charge in [0.2, 0.25) is 17.7 Å². The molecule has 2 aromatic heterocycles. The number of hydrogen-bond acceptors (Lipinski definition) is 13. The van der Waals surface area contributed by atoms with Crippen molar-refractivity contribution < 1.29 is 28.9 Å². The van der Waals surface area contributed by atoms with Gasteiger partial charge >= 0.3 is 0 Å². The number of nitrogen functional groups attached to an aromatic ring is 1. The Morgan fingerprint density at radius 1 is 1.40 bits per heavy atom. The van der Waals surface area contributed by atoms with Gasteiger partial charge in [0.25, 0.3) is 11.8 Å². The molecule has 2 aliphatic heterocycles. The lowest BCUT2D eigenvalue weighted by Gasteiger charge is -2.51. The molecule has 0 spiro atoms. The van der Waals surface area contributed by atoms with E-state index in [9.17, 15) is 19.5 Å². The molecule has 3 N–H and O–H groups in total. The number of hydrogen-bond donors (Lipinski definition) is 2. The first-order valence-corrected chi connectivity index (χ1v) is 11.9. The standard InChI is InChI=1S/C19H21N9O5S2/c1-26(2)15(27-6-4-21-5-7-27)9-8-34-17-11(16(30)28(17)12(9)18(31)32)22-14(29)10(24-33-3)13-23-19(20)35-25-13/h4-7,11,15,17H,8H2,1-3H3,(H3-,20,22,23,25,29,31,32)/t11?,15?,17-/m0/s1. The van der Waals surface area contributed by atoms with Gasteiger partial charge < -0.3 is 25.8 Å². The molecule has 0 radical (unpaired) electrons. The van der Waals surface area contributed by atoms with Crippen molar-refractivity contribution >= 4 is 51.9 Å². The summed E-state index contributed by atoms with van der Waals surface area (Å²) < 4.78 is 5.73. The number of carboxylic acids is 1. The van der Waals surface area contributed by atoms with E-state index in [2.05, 4.69) is 24.8 Å². The second-order valence-corrected chi connectivity index (χ2v) is 9.52. The van der Waals surface area contributed by atoms with Gasteiger partial charge in [-0.1, -0.05) is 5.16 Å². The van der Waals surface area contributed by atoms with E-state index >= 15 is 0 Å². The van der Waals surface area contributed by atoms with E-state index in [1.165, 1.54) is 18.9 Å². The van der Waals surface area contributed by atoms with Crippen LogP contribution in [0.5, 0.6) is 0 Å². The number of thioether (sulfide) groups is 1. The number of carbonyl (C=O) groups is 3. The number of fused-ring (bicyclic) bond motifs is 1. The maximum atomic E-state index is 13.1. The third-order valence-corrected chi connectivity index (χ3v) is 7.11. The SMILES string of the molecule is CON=C(C(=O)NC1C(=O)N2C(C(=O)[O-])=C(C(N(C)C)[n+]3ccncc3)CS[C@@H]12)c1nsc(N)n1. The summed E-state index contributed by atoms with van der Waals surface area (Å²) in [5.41, 5.74) is 5.59. The Balaban J connectivity index is 1.61. The first-order chi connectivity index (χ1) is 16.7. The van der Waals surface area contributed by atoms with E-state index in [1.54, 1.807) is 43.4 Å². The zero-order valence-corrected chi connectivity index (χ0v) is 20.4. The van der Waals surface area contributed by atoms with Gasteiger partial charge in [-0.3, -0.25) is 19.5 Å². The lowest BCUT2D eigenvalue weighted by Crippen LogP contribution is -2.72. The molecule has 0 saturated carbocycles. The lowest BCUT2D eigenvalue weighted by molar-refractivity contribution is -0.733. The predicted molar refractivity (Wildman–Crippen MR) is 122 cm³/mol. The van der Waals surface area contributed by atoms with Gasteiger partial charge in [-0.15, -0.1) is 11.8 Å². The number of anilines is 1. The summed E-state index contributed by atoms with van der Waals surface area (Å²) in [5, 5.41) is 17.9. The third-order valence-electron chi connectivity index (χ3n) is 5.26. The van der Waals surface area contributed by atoms with Crippen molar-refractivity contribution in [3.05, 3.63) is 41.9 Å². The largest absolute Gasteiger partial charge is 0.543 e. The zero-order chi connectivity index (χ0) is 25.3. The fraction of sp³-hybridized carbons (Fsp3) is 0.368. The van der Waals surface area contributed by atoms with Gasteiger partial charge in [0.1, 0.15) is 18.5 Å². The number of amides is 2. The molecule has 1 fully saturated rings. The van der Waals surface area contributed by atoms with E-state index in [1.807, 2.05) is 4.90 Å². The third kappa shape index (κ3) is 4.54. The van der Waals surface area contributed by atoms with Crippen LogP contribution in [0, 0.1) is 0 Å². The average molecular weight is 520 g/mol. The van der Waals surface area contributed by atoms with Gasteiger partial charge in [-0.2, -0.15) is 13.9 Å². The first-order valence-electron chi connectivity index (χ1n) is 10.1. The number of carbonyl (C=O) groups excluding carboxylic acids is 3. The van der Waals surface area contributed by atoms with Crippen molar-refractivity contribution in [2.75, 3.05) is 32.7 Å². The van der Waals surface area contributed by atoms with Crippen molar-refractivity contribution in [2.24, 2.45) is 5.16 Å². The van der Waals surface area contributed by atoms with Gasteiger partial charge in [0.05, 0.1) is 24.1 Å². The summed E-state index contributed by atoms with van der Waals surface area (Å²) in [6.07, 6.45) is 6.08. The van der Waals surface area contributed by atoms with Crippen molar-refractivity contribution in [1.29, 1.82) is 0 Å². The van der Waals surface area contributed by atoms with E-state index in [4.69, 9.17) is 10.6 Å². The summed E-state index contributed by atoms with van der Waals surface area (Å²) in [6, 6.07) is -0.993. The van der Waals surface area contributed by atoms with Crippen LogP contribution in [0.4, 0.5) is 5.13 Å². The number of nitrogens with two attached hydrogens (primary N) is 1. The van der Waals surface area contributed by atoms with E-state index in [-0.39, 0.29) is 28.1 Å². The van der Waals surface area contributed by atoms with Crippen LogP contribution >= 0.6 is 23.3 Å². The van der Waals surface area contributed by atoms with Crippen molar-refractivity contribution in [3.8, 4) is 0 Å². The highest BCUT2D eigenvalue weighted by Crippen LogP contribution is 2.42. The molecule has 14 nitrogen and oxygen atoms in total. The van der Waals surface area contributed by atoms with Crippen LogP contribution in [-0.2, 0) is 19.2 Å². The van der Waals surface area contributed by atoms with E-state index < -0.39 is 35.4 Å². The van der Waals surface area contributed by atoms with Gasteiger partial charge in [-0.05, 0) is 14.1 Å². The quantitative estimate of drug-likeness (QED) is 0.160. The van der Waals surface area contributed by atoms with Crippen LogP contribution in [0.1, 0.15) is 12.0 Å². The minimum Gasteiger partial charge on any atom is -0.543 e. The molecule has 2 aromatic rings. The molecule has 1 saturated heterocycles. The molecule has 0 bridgehead atoms. The summed E-state index contributed by atoms with van der Waals surface area (Å²) in [7, 11) is 4.84. The number of aliphatic carboxylic acids is 1. The summed E-state index contributed by atoms with van der Waals surface area (Å²) in [5.74, 6) is -2.59. The molecule has 35 heavy (non-hydrogen) atoms. The minimum absolute atomic E-state index is 0.0485. The van der Waals surface area contributed by atoms with Crippen molar-refractivity contribution in [3.63, 3.8) is 0 Å². The Morgan fingerprint density at radius 2 is 2.11 bits per heavy atom. The molecule has 16 heteroatoms. The number of β-lactam (4-membered cyclic amide) rings is 1. The molecule has 4 rings (SSSR count). The second-order valence-electron chi connectivity index (χ2n) is 7.63. The maximum absolute atomic E-state index is 13.1. The van der Waals surface area contributed by atoms with E-state index in [0.717, 1.165) is 16.4 Å². The molecule has 2 unspecified atom stereocenters. The highest BCUT2D eigenvalue weighted by atomic mass is 32.2. The highest BCUT2D eigenvalue weighted by molar-refractivity contribution is 8.00. The van der Waals surface area contributed by atoms with Crippen LogP contribution in [0.15, 0.2) is 41.2 Å². The molecular formula is C19H21N9O5S2. The zero-order valence-electron chi connectivity index (χ0n) is 18.8. The number of aromatic nitrogens is 4. The Kier molecular flexibility index (Phi) is 6.95. The van der Waals surface area contributed by atoms with Crippen LogP contribution < -0.4 is 20.7 Å². The van der Waals surface area contributed by atoms with E-state index in [0.29, 0.717) is 5.57 Å². The minimum atomic E-state index is -1.48. The molecule has 4 heterocycles. The molecular weight excluding hydrogens is 498 g/mol. The topological polar surface area (TPSA) is 183 Å². The predicted octanol–water partition coefficient (Wildman–Crippen LogP) is -2.68. The average Bonchev–Trinajstić information content (AvgIpc) is 3.26. The Labute approximate surface area is 207 Å². The Hall–Kier alpha value is -3.63. The molecule has 3 atom stereocenters. The van der Waals surface area contributed by atoms with Gasteiger partial charge in [-0.25, -0.2) is 4.90 Å². The number of nitrogens with zero attached hydrogens (tertiary/aromatic N) is 7. The smallest absolute Gasteiger partial charge is 0.278 e. The highest BCUT2D eigenvalue weighted by Gasteiger charge is 2.54. The fourth-order valence-corrected chi connectivity index (χ4v) is 5.70. The number of carboxylic acid groups (broad SMARTS) is 1. The van der Waals surface area contributed by atoms with Crippen LogP contribution in [0.25, 0.3) is 0 Å². The normalized spacial score (nSPS) is 20.9. The second kappa shape index (κ2) is 9.93. The van der Waals surface area contributed by atoms with Gasteiger partial charge in [0, 0.05) is 22.9 Å². The number of rotatable bonds is 8. The van der Waals surface area contributed by atoms with Crippen LogP contribution in [0.3, 0.4) is 0 Å². The van der Waals surface area contributed by atoms with Crippen molar-refractivity contribution in [1.82, 2.24) is 29.5 Å². The maximum Gasteiger partial charge on any atom is 0.278 e. The number of likely N-dealkylation sites (N-methyl/N-ethyl adjacent to an activating group) is 1.